The van der Waals surface area contributed by atoms with Gasteiger partial charge >= 0.3 is 0 Å². The molecule has 0 spiro atoms. The minimum absolute atomic E-state index is 0.000462. The van der Waals surface area contributed by atoms with Crippen molar-refractivity contribution in [3.8, 4) is 0 Å². The highest BCUT2D eigenvalue weighted by Crippen LogP contribution is 2.08. The maximum Gasteiger partial charge on any atom is 0.246 e. The van der Waals surface area contributed by atoms with Crippen molar-refractivity contribution in [3.63, 3.8) is 0 Å². The Balaban J connectivity index is 2.46. The lowest BCUT2D eigenvalue weighted by atomic mass is 10.2. The van der Waals surface area contributed by atoms with Gasteiger partial charge in [0, 0.05) is 32.2 Å². The van der Waals surface area contributed by atoms with Gasteiger partial charge in [-0.3, -0.25) is 9.69 Å². The molecular weight excluding hydrogens is 180 g/mol. The summed E-state index contributed by atoms with van der Waals surface area (Å²) < 4.78 is 0. The van der Waals surface area contributed by atoms with Crippen LogP contribution in [0.2, 0.25) is 0 Å². The zero-order chi connectivity index (χ0) is 10.6. The van der Waals surface area contributed by atoms with Gasteiger partial charge < -0.3 is 10.0 Å². The summed E-state index contributed by atoms with van der Waals surface area (Å²) in [5.74, 6) is 0.000462. The van der Waals surface area contributed by atoms with Gasteiger partial charge in [0.15, 0.2) is 0 Å². The van der Waals surface area contributed by atoms with Crippen LogP contribution in [0, 0.1) is 0 Å². The topological polar surface area (TPSA) is 43.8 Å². The Hall–Kier alpha value is -0.870. The largest absolute Gasteiger partial charge is 0.395 e. The lowest BCUT2D eigenvalue weighted by Gasteiger charge is -2.39. The van der Waals surface area contributed by atoms with Crippen LogP contribution in [-0.2, 0) is 4.79 Å². The maximum absolute atomic E-state index is 11.3. The molecule has 1 fully saturated rings. The first kappa shape index (κ1) is 11.2. The monoisotopic (exact) mass is 198 g/mol. The van der Waals surface area contributed by atoms with Crippen LogP contribution < -0.4 is 0 Å². The van der Waals surface area contributed by atoms with Crippen molar-refractivity contribution in [2.24, 2.45) is 0 Å². The second kappa shape index (κ2) is 5.12. The van der Waals surface area contributed by atoms with E-state index in [0.29, 0.717) is 12.6 Å². The lowest BCUT2D eigenvalue weighted by molar-refractivity contribution is -0.128. The molecule has 0 aromatic rings. The molecule has 4 heteroatoms. The molecule has 1 unspecified atom stereocenters. The van der Waals surface area contributed by atoms with Gasteiger partial charge in [-0.2, -0.15) is 0 Å². The summed E-state index contributed by atoms with van der Waals surface area (Å²) in [5.41, 5.74) is 0. The van der Waals surface area contributed by atoms with Crippen LogP contribution in [0.5, 0.6) is 0 Å². The fourth-order valence-corrected chi connectivity index (χ4v) is 1.79. The van der Waals surface area contributed by atoms with Crippen LogP contribution in [-0.4, -0.2) is 59.6 Å². The number of aliphatic hydroxyl groups is 1. The molecule has 80 valence electrons. The van der Waals surface area contributed by atoms with Crippen LogP contribution in [0.3, 0.4) is 0 Å². The molecule has 0 aliphatic carbocycles. The molecule has 1 amide bonds. The van der Waals surface area contributed by atoms with E-state index in [1.807, 2.05) is 0 Å². The third kappa shape index (κ3) is 2.56. The highest BCUT2D eigenvalue weighted by atomic mass is 16.3. The first-order valence-corrected chi connectivity index (χ1v) is 4.95. The van der Waals surface area contributed by atoms with E-state index in [9.17, 15) is 4.79 Å². The molecule has 0 aromatic carbocycles. The maximum atomic E-state index is 11.3. The molecular formula is C10H18N2O2. The average Bonchev–Trinajstić information content (AvgIpc) is 2.20. The molecule has 1 rings (SSSR count). The summed E-state index contributed by atoms with van der Waals surface area (Å²) in [6.45, 7) is 8.70. The zero-order valence-corrected chi connectivity index (χ0v) is 8.65. The molecule has 0 radical (unpaired) electrons. The Kier molecular flexibility index (Phi) is 4.10. The van der Waals surface area contributed by atoms with Gasteiger partial charge in [-0.1, -0.05) is 6.58 Å². The minimum atomic E-state index is 0.000462. The van der Waals surface area contributed by atoms with E-state index in [2.05, 4.69) is 18.4 Å². The molecule has 1 saturated heterocycles. The molecule has 0 bridgehead atoms. The number of carbonyl (C=O) groups is 1. The molecule has 0 saturated carbocycles. The molecule has 0 aromatic heterocycles. The fourth-order valence-electron chi connectivity index (χ4n) is 1.79. The first-order chi connectivity index (χ1) is 6.69. The van der Waals surface area contributed by atoms with Crippen LogP contribution in [0.25, 0.3) is 0 Å². The SMILES string of the molecule is C=CC(=O)N1CCN(CCO)C(C)C1. The van der Waals surface area contributed by atoms with E-state index < -0.39 is 0 Å². The Morgan fingerprint density at radius 3 is 2.86 bits per heavy atom. The van der Waals surface area contributed by atoms with Crippen molar-refractivity contribution in [1.82, 2.24) is 9.80 Å². The van der Waals surface area contributed by atoms with Gasteiger partial charge in [-0.25, -0.2) is 0 Å². The number of amides is 1. The smallest absolute Gasteiger partial charge is 0.246 e. The standard InChI is InChI=1S/C10H18N2O2/c1-3-10(14)12-5-4-11(6-7-13)9(2)8-12/h3,9,13H,1,4-8H2,2H3. The number of nitrogens with zero attached hydrogens (tertiary/aromatic N) is 2. The van der Waals surface area contributed by atoms with E-state index in [0.717, 1.165) is 19.6 Å². The van der Waals surface area contributed by atoms with Crippen LogP contribution in [0.4, 0.5) is 0 Å². The second-order valence-corrected chi connectivity index (χ2v) is 3.60. The Morgan fingerprint density at radius 2 is 2.36 bits per heavy atom. The molecule has 1 heterocycles. The number of aliphatic hydroxyl groups excluding tert-OH is 1. The highest BCUT2D eigenvalue weighted by molar-refractivity contribution is 5.87. The number of hydrogen-bond acceptors (Lipinski definition) is 3. The minimum Gasteiger partial charge on any atom is -0.395 e. The first-order valence-electron chi connectivity index (χ1n) is 4.95. The molecule has 4 nitrogen and oxygen atoms in total. The van der Waals surface area contributed by atoms with Crippen LogP contribution >= 0.6 is 0 Å². The van der Waals surface area contributed by atoms with Gasteiger partial charge in [0.05, 0.1) is 6.61 Å². The number of carbonyl (C=O) groups excluding carboxylic acids is 1. The van der Waals surface area contributed by atoms with Crippen LogP contribution in [0.1, 0.15) is 6.92 Å². The van der Waals surface area contributed by atoms with Gasteiger partial charge in [-0.05, 0) is 13.0 Å². The summed E-state index contributed by atoms with van der Waals surface area (Å²) in [7, 11) is 0. The molecule has 1 aliphatic heterocycles. The number of hydrogen-bond donors (Lipinski definition) is 1. The summed E-state index contributed by atoms with van der Waals surface area (Å²) in [6, 6.07) is 0.319. The molecule has 1 atom stereocenters. The fraction of sp³-hybridized carbons (Fsp3) is 0.700. The zero-order valence-electron chi connectivity index (χ0n) is 8.65. The molecule has 1 N–H and O–H groups in total. The third-order valence-electron chi connectivity index (χ3n) is 2.64. The summed E-state index contributed by atoms with van der Waals surface area (Å²) in [6.07, 6.45) is 1.36. The second-order valence-electron chi connectivity index (χ2n) is 3.60. The van der Waals surface area contributed by atoms with Crippen molar-refractivity contribution in [2.75, 3.05) is 32.8 Å². The van der Waals surface area contributed by atoms with Crippen molar-refractivity contribution < 1.29 is 9.90 Å². The Labute approximate surface area is 84.8 Å². The van der Waals surface area contributed by atoms with Gasteiger partial charge in [0.1, 0.15) is 0 Å². The highest BCUT2D eigenvalue weighted by Gasteiger charge is 2.24. The predicted octanol–water partition coefficient (Wildman–Crippen LogP) is -0.303. The van der Waals surface area contributed by atoms with E-state index >= 15 is 0 Å². The van der Waals surface area contributed by atoms with Crippen molar-refractivity contribution >= 4 is 5.91 Å². The van der Waals surface area contributed by atoms with E-state index in [-0.39, 0.29) is 12.5 Å². The lowest BCUT2D eigenvalue weighted by Crippen LogP contribution is -2.53. The normalized spacial score (nSPS) is 23.6. The third-order valence-corrected chi connectivity index (χ3v) is 2.64. The average molecular weight is 198 g/mol. The Morgan fingerprint density at radius 1 is 1.64 bits per heavy atom. The summed E-state index contributed by atoms with van der Waals surface area (Å²) in [4.78, 5) is 15.3. The predicted molar refractivity (Wildman–Crippen MR) is 54.9 cm³/mol. The number of rotatable bonds is 3. The van der Waals surface area contributed by atoms with Gasteiger partial charge in [-0.15, -0.1) is 0 Å². The van der Waals surface area contributed by atoms with Crippen LogP contribution in [0.15, 0.2) is 12.7 Å². The Bertz CT molecular complexity index is 218. The summed E-state index contributed by atoms with van der Waals surface area (Å²) >= 11 is 0. The number of β-amino-alcohol motifs (C(OH)–C–C–N with tert-alkyl or cyclic N) is 1. The van der Waals surface area contributed by atoms with E-state index in [1.54, 1.807) is 4.90 Å². The molecule has 1 aliphatic rings. The summed E-state index contributed by atoms with van der Waals surface area (Å²) in [5, 5.41) is 8.82. The van der Waals surface area contributed by atoms with Gasteiger partial charge in [0.25, 0.3) is 0 Å². The van der Waals surface area contributed by atoms with E-state index in [1.165, 1.54) is 6.08 Å². The molecule has 14 heavy (non-hydrogen) atoms. The van der Waals surface area contributed by atoms with Crippen molar-refractivity contribution in [2.45, 2.75) is 13.0 Å². The van der Waals surface area contributed by atoms with Crippen molar-refractivity contribution in [3.05, 3.63) is 12.7 Å². The quantitative estimate of drug-likeness (QED) is 0.633. The van der Waals surface area contributed by atoms with Gasteiger partial charge in [0.2, 0.25) is 5.91 Å². The van der Waals surface area contributed by atoms with Crippen molar-refractivity contribution in [1.29, 1.82) is 0 Å². The number of piperazine rings is 1. The van der Waals surface area contributed by atoms with E-state index in [4.69, 9.17) is 5.11 Å².